The Labute approximate surface area is 124 Å². The minimum Gasteiger partial charge on any atom is -0.496 e. The van der Waals surface area contributed by atoms with Crippen LogP contribution in [0.4, 0.5) is 0 Å². The molecule has 0 saturated carbocycles. The number of para-hydroxylation sites is 1. The maximum atomic E-state index is 5.31. The van der Waals surface area contributed by atoms with Crippen molar-refractivity contribution in [2.75, 3.05) is 7.11 Å². The molecule has 1 aromatic heterocycles. The van der Waals surface area contributed by atoms with E-state index in [1.807, 2.05) is 48.5 Å². The van der Waals surface area contributed by atoms with Crippen LogP contribution in [0.2, 0.25) is 0 Å². The van der Waals surface area contributed by atoms with Gasteiger partial charge in [-0.3, -0.25) is 0 Å². The number of aromatic nitrogens is 2. The maximum absolute atomic E-state index is 5.31. The van der Waals surface area contributed by atoms with Gasteiger partial charge in [0, 0.05) is 10.0 Å². The molecule has 3 aromatic rings. The normalized spacial score (nSPS) is 10.5. The van der Waals surface area contributed by atoms with E-state index in [0.29, 0.717) is 11.7 Å². The summed E-state index contributed by atoms with van der Waals surface area (Å²) in [5.74, 6) is 1.72. The Morgan fingerprint density at radius 1 is 1.05 bits per heavy atom. The van der Waals surface area contributed by atoms with Crippen molar-refractivity contribution in [3.05, 3.63) is 53.0 Å². The summed E-state index contributed by atoms with van der Waals surface area (Å²) in [7, 11) is 1.62. The lowest BCUT2D eigenvalue weighted by Gasteiger charge is -2.03. The number of ether oxygens (including phenoxy) is 1. The van der Waals surface area contributed by atoms with Crippen LogP contribution < -0.4 is 4.74 Å². The number of benzene rings is 2. The lowest BCUT2D eigenvalue weighted by molar-refractivity contribution is 0.413. The van der Waals surface area contributed by atoms with Crippen molar-refractivity contribution in [2.24, 2.45) is 0 Å². The second kappa shape index (κ2) is 5.46. The maximum Gasteiger partial charge on any atom is 0.258 e. The minimum absolute atomic E-state index is 0.485. The van der Waals surface area contributed by atoms with Gasteiger partial charge in [0.25, 0.3) is 5.89 Å². The number of halogens is 1. The lowest BCUT2D eigenvalue weighted by atomic mass is 10.2. The van der Waals surface area contributed by atoms with Crippen molar-refractivity contribution in [3.63, 3.8) is 0 Å². The van der Waals surface area contributed by atoms with Crippen molar-refractivity contribution in [3.8, 4) is 28.6 Å². The van der Waals surface area contributed by atoms with Gasteiger partial charge in [-0.05, 0) is 36.4 Å². The Morgan fingerprint density at radius 2 is 1.80 bits per heavy atom. The molecule has 0 aliphatic carbocycles. The fourth-order valence-corrected chi connectivity index (χ4v) is 2.14. The predicted octanol–water partition coefficient (Wildman–Crippen LogP) is 4.17. The molecule has 0 bridgehead atoms. The number of hydrogen-bond donors (Lipinski definition) is 0. The molecular weight excluding hydrogens is 320 g/mol. The molecule has 3 rings (SSSR count). The molecule has 0 saturated heterocycles. The van der Waals surface area contributed by atoms with Crippen LogP contribution in [0.3, 0.4) is 0 Å². The van der Waals surface area contributed by atoms with Crippen LogP contribution in [-0.2, 0) is 0 Å². The summed E-state index contributed by atoms with van der Waals surface area (Å²) >= 11 is 3.40. The predicted molar refractivity (Wildman–Crippen MR) is 79.4 cm³/mol. The summed E-state index contributed by atoms with van der Waals surface area (Å²) in [5, 5.41) is 4.02. The number of rotatable bonds is 3. The van der Waals surface area contributed by atoms with Crippen LogP contribution in [0, 0.1) is 0 Å². The van der Waals surface area contributed by atoms with Crippen LogP contribution in [0.5, 0.6) is 5.75 Å². The summed E-state index contributed by atoms with van der Waals surface area (Å²) in [6.45, 7) is 0. The third-order valence-corrected chi connectivity index (χ3v) is 3.39. The highest BCUT2D eigenvalue weighted by Gasteiger charge is 2.13. The summed E-state index contributed by atoms with van der Waals surface area (Å²) in [4.78, 5) is 4.42. The molecule has 4 nitrogen and oxygen atoms in total. The first-order valence-electron chi connectivity index (χ1n) is 6.01. The molecule has 20 heavy (non-hydrogen) atoms. The van der Waals surface area contributed by atoms with Gasteiger partial charge in [0.2, 0.25) is 5.82 Å². The Bertz CT molecular complexity index is 723. The zero-order chi connectivity index (χ0) is 13.9. The quantitative estimate of drug-likeness (QED) is 0.723. The van der Waals surface area contributed by atoms with Gasteiger partial charge in [0.05, 0.1) is 12.7 Å². The second-order valence-electron chi connectivity index (χ2n) is 4.13. The third kappa shape index (κ3) is 2.44. The van der Waals surface area contributed by atoms with Gasteiger partial charge in [0.1, 0.15) is 5.75 Å². The van der Waals surface area contributed by atoms with E-state index in [1.165, 1.54) is 0 Å². The molecule has 0 fully saturated rings. The van der Waals surface area contributed by atoms with Crippen molar-refractivity contribution in [1.29, 1.82) is 0 Å². The van der Waals surface area contributed by atoms with Crippen LogP contribution in [0.1, 0.15) is 0 Å². The highest BCUT2D eigenvalue weighted by Crippen LogP contribution is 2.29. The zero-order valence-electron chi connectivity index (χ0n) is 10.7. The van der Waals surface area contributed by atoms with Gasteiger partial charge in [-0.2, -0.15) is 4.98 Å². The largest absolute Gasteiger partial charge is 0.496 e. The van der Waals surface area contributed by atoms with Crippen molar-refractivity contribution in [1.82, 2.24) is 10.1 Å². The third-order valence-electron chi connectivity index (χ3n) is 2.87. The van der Waals surface area contributed by atoms with E-state index < -0.39 is 0 Å². The number of nitrogens with zero attached hydrogens (tertiary/aromatic N) is 2. The van der Waals surface area contributed by atoms with Crippen molar-refractivity contribution >= 4 is 15.9 Å². The monoisotopic (exact) mass is 330 g/mol. The molecule has 0 aliphatic heterocycles. The van der Waals surface area contributed by atoms with Gasteiger partial charge in [-0.25, -0.2) is 0 Å². The number of methoxy groups -OCH3 is 1. The Hall–Kier alpha value is -2.14. The first kappa shape index (κ1) is 12.9. The Balaban J connectivity index is 2.00. The highest BCUT2D eigenvalue weighted by atomic mass is 79.9. The second-order valence-corrected chi connectivity index (χ2v) is 5.05. The summed E-state index contributed by atoms with van der Waals surface area (Å²) < 4.78 is 11.6. The zero-order valence-corrected chi connectivity index (χ0v) is 12.3. The van der Waals surface area contributed by atoms with Crippen molar-refractivity contribution < 1.29 is 9.26 Å². The van der Waals surface area contributed by atoms with Gasteiger partial charge >= 0.3 is 0 Å². The molecule has 0 aliphatic rings. The van der Waals surface area contributed by atoms with Crippen LogP contribution in [0.25, 0.3) is 22.8 Å². The average molecular weight is 331 g/mol. The molecular formula is C15H11BrN2O2. The Morgan fingerprint density at radius 3 is 2.55 bits per heavy atom. The van der Waals surface area contributed by atoms with Gasteiger partial charge < -0.3 is 9.26 Å². The molecule has 5 heteroatoms. The minimum atomic E-state index is 0.485. The van der Waals surface area contributed by atoms with E-state index in [-0.39, 0.29) is 0 Å². The summed E-state index contributed by atoms with van der Waals surface area (Å²) in [6, 6.07) is 15.3. The highest BCUT2D eigenvalue weighted by molar-refractivity contribution is 9.10. The fraction of sp³-hybridized carbons (Fsp3) is 0.0667. The van der Waals surface area contributed by atoms with E-state index in [1.54, 1.807) is 7.11 Å². The van der Waals surface area contributed by atoms with Crippen molar-refractivity contribution in [2.45, 2.75) is 0 Å². The summed E-state index contributed by atoms with van der Waals surface area (Å²) in [6.07, 6.45) is 0. The molecule has 0 radical (unpaired) electrons. The first-order chi connectivity index (χ1) is 9.78. The Kier molecular flexibility index (Phi) is 3.52. The van der Waals surface area contributed by atoms with E-state index >= 15 is 0 Å². The molecule has 1 heterocycles. The van der Waals surface area contributed by atoms with Crippen LogP contribution in [0.15, 0.2) is 57.5 Å². The van der Waals surface area contributed by atoms with E-state index in [4.69, 9.17) is 9.26 Å². The van der Waals surface area contributed by atoms with E-state index in [0.717, 1.165) is 21.3 Å². The lowest BCUT2D eigenvalue weighted by Crippen LogP contribution is -1.88. The molecule has 0 N–H and O–H groups in total. The van der Waals surface area contributed by atoms with E-state index in [9.17, 15) is 0 Å². The van der Waals surface area contributed by atoms with E-state index in [2.05, 4.69) is 26.1 Å². The molecule has 0 spiro atoms. The topological polar surface area (TPSA) is 48.2 Å². The fourth-order valence-electron chi connectivity index (χ4n) is 1.87. The molecule has 0 amide bonds. The van der Waals surface area contributed by atoms with Gasteiger partial charge in [-0.1, -0.05) is 33.2 Å². The SMILES string of the molecule is COc1ccccc1-c1noc(-c2ccc(Br)cc2)n1. The average Bonchev–Trinajstić information content (AvgIpc) is 2.97. The molecule has 0 atom stereocenters. The number of hydrogen-bond acceptors (Lipinski definition) is 4. The van der Waals surface area contributed by atoms with Gasteiger partial charge in [-0.15, -0.1) is 0 Å². The van der Waals surface area contributed by atoms with Crippen LogP contribution >= 0.6 is 15.9 Å². The van der Waals surface area contributed by atoms with Gasteiger partial charge in [0.15, 0.2) is 0 Å². The summed E-state index contributed by atoms with van der Waals surface area (Å²) in [5.41, 5.74) is 1.68. The molecule has 0 unspecified atom stereocenters. The molecule has 100 valence electrons. The first-order valence-corrected chi connectivity index (χ1v) is 6.80. The molecule has 2 aromatic carbocycles. The standard InChI is InChI=1S/C15H11BrN2O2/c1-19-13-5-3-2-4-12(13)14-17-15(20-18-14)10-6-8-11(16)9-7-10/h2-9H,1H3. The van der Waals surface area contributed by atoms with Crippen LogP contribution in [-0.4, -0.2) is 17.3 Å². The smallest absolute Gasteiger partial charge is 0.258 e.